The largest absolute Gasteiger partial charge is 0.497 e. The summed E-state index contributed by atoms with van der Waals surface area (Å²) in [4.78, 5) is 49.9. The van der Waals surface area contributed by atoms with Gasteiger partial charge in [-0.25, -0.2) is 9.78 Å². The number of aryl methyl sites for hydroxylation is 1. The normalized spacial score (nSPS) is 16.8. The van der Waals surface area contributed by atoms with E-state index in [1.165, 1.54) is 21.1 Å². The molecule has 208 valence electrons. The minimum Gasteiger partial charge on any atom is -0.497 e. The summed E-state index contributed by atoms with van der Waals surface area (Å²) < 4.78 is 12.3. The molecule has 2 saturated heterocycles. The van der Waals surface area contributed by atoms with Crippen molar-refractivity contribution in [1.82, 2.24) is 19.2 Å². The van der Waals surface area contributed by atoms with E-state index < -0.39 is 0 Å². The van der Waals surface area contributed by atoms with E-state index in [0.717, 1.165) is 16.9 Å². The van der Waals surface area contributed by atoms with E-state index in [1.807, 2.05) is 42.2 Å². The molecule has 2 amide bonds. The Kier molecular flexibility index (Phi) is 8.08. The summed E-state index contributed by atoms with van der Waals surface area (Å²) in [6.07, 6.45) is 2.92. The highest BCUT2D eigenvalue weighted by atomic mass is 32.2. The molecule has 0 saturated carbocycles. The van der Waals surface area contributed by atoms with Crippen molar-refractivity contribution in [2.45, 2.75) is 20.4 Å². The number of thioether (sulfide) groups is 1. The van der Waals surface area contributed by atoms with Gasteiger partial charge in [0.1, 0.15) is 21.5 Å². The maximum absolute atomic E-state index is 13.8. The molecule has 0 unspecified atom stereocenters. The van der Waals surface area contributed by atoms with Crippen LogP contribution < -0.4 is 15.2 Å². The molecule has 0 bridgehead atoms. The average Bonchev–Trinajstić information content (AvgIpc) is 3.22. The Bertz CT molecular complexity index is 1560. The Balaban J connectivity index is 1.49. The molecular weight excluding hydrogens is 550 g/mol. The van der Waals surface area contributed by atoms with Crippen LogP contribution in [-0.2, 0) is 16.1 Å². The third-order valence-electron chi connectivity index (χ3n) is 6.82. The first-order chi connectivity index (χ1) is 19.3. The first-order valence-corrected chi connectivity index (χ1v) is 14.1. The molecule has 12 heteroatoms. The first-order valence-electron chi connectivity index (χ1n) is 12.9. The number of fused-ring (bicyclic) bond motifs is 1. The summed E-state index contributed by atoms with van der Waals surface area (Å²) in [5, 5.41) is 0. The van der Waals surface area contributed by atoms with Gasteiger partial charge in [0, 0.05) is 32.4 Å². The SMILES string of the molecule is CCOC(=O)N1CCN(c2nc3c(C)cccn3c(=O)c2C=C2SC(=S)N(Cc3ccc(OC)cc3)C2=O)CC1. The second kappa shape index (κ2) is 11.7. The average molecular weight is 580 g/mol. The molecule has 3 aromatic rings. The van der Waals surface area contributed by atoms with Gasteiger partial charge in [-0.3, -0.25) is 18.9 Å². The number of benzene rings is 1. The van der Waals surface area contributed by atoms with Gasteiger partial charge < -0.3 is 19.3 Å². The Labute approximate surface area is 241 Å². The van der Waals surface area contributed by atoms with Crippen LogP contribution in [0.4, 0.5) is 10.6 Å². The summed E-state index contributed by atoms with van der Waals surface area (Å²) in [5.41, 5.74) is 2.32. The van der Waals surface area contributed by atoms with Crippen molar-refractivity contribution in [2.24, 2.45) is 0 Å². The second-order valence-corrected chi connectivity index (χ2v) is 11.0. The molecule has 40 heavy (non-hydrogen) atoms. The molecule has 4 heterocycles. The number of carbonyl (C=O) groups is 2. The lowest BCUT2D eigenvalue weighted by atomic mass is 10.2. The number of methoxy groups -OCH3 is 1. The maximum atomic E-state index is 13.8. The fraction of sp³-hybridized carbons (Fsp3) is 0.321. The summed E-state index contributed by atoms with van der Waals surface area (Å²) in [5.74, 6) is 0.935. The molecule has 0 aliphatic carbocycles. The summed E-state index contributed by atoms with van der Waals surface area (Å²) >= 11 is 6.71. The molecule has 0 spiro atoms. The number of aromatic nitrogens is 2. The van der Waals surface area contributed by atoms with Crippen molar-refractivity contribution in [2.75, 3.05) is 44.8 Å². The van der Waals surface area contributed by atoms with E-state index in [9.17, 15) is 14.4 Å². The van der Waals surface area contributed by atoms with Crippen molar-refractivity contribution >= 4 is 57.8 Å². The topological polar surface area (TPSA) is 96.7 Å². The van der Waals surface area contributed by atoms with Crippen LogP contribution in [0.15, 0.2) is 52.3 Å². The highest BCUT2D eigenvalue weighted by molar-refractivity contribution is 8.26. The lowest BCUT2D eigenvalue weighted by Gasteiger charge is -2.35. The quantitative estimate of drug-likeness (QED) is 0.320. The van der Waals surface area contributed by atoms with Crippen LogP contribution in [-0.4, -0.2) is 75.4 Å². The number of nitrogens with zero attached hydrogens (tertiary/aromatic N) is 5. The van der Waals surface area contributed by atoms with Crippen LogP contribution in [0.5, 0.6) is 5.75 Å². The van der Waals surface area contributed by atoms with Gasteiger partial charge in [-0.2, -0.15) is 0 Å². The van der Waals surface area contributed by atoms with Gasteiger partial charge in [-0.15, -0.1) is 0 Å². The Morgan fingerprint density at radius 1 is 1.12 bits per heavy atom. The maximum Gasteiger partial charge on any atom is 0.409 e. The molecule has 0 radical (unpaired) electrons. The van der Waals surface area contributed by atoms with Crippen molar-refractivity contribution in [3.63, 3.8) is 0 Å². The van der Waals surface area contributed by atoms with Gasteiger partial charge >= 0.3 is 6.09 Å². The minimum atomic E-state index is -0.356. The van der Waals surface area contributed by atoms with E-state index in [2.05, 4.69) is 0 Å². The monoisotopic (exact) mass is 579 g/mol. The van der Waals surface area contributed by atoms with Crippen LogP contribution in [0.25, 0.3) is 11.7 Å². The lowest BCUT2D eigenvalue weighted by Crippen LogP contribution is -2.49. The Morgan fingerprint density at radius 2 is 1.85 bits per heavy atom. The van der Waals surface area contributed by atoms with Crippen molar-refractivity contribution < 1.29 is 19.1 Å². The summed E-state index contributed by atoms with van der Waals surface area (Å²) in [6.45, 7) is 6.07. The number of carbonyl (C=O) groups excluding carboxylic acids is 2. The first kappa shape index (κ1) is 27.7. The zero-order valence-corrected chi connectivity index (χ0v) is 24.1. The van der Waals surface area contributed by atoms with Gasteiger partial charge in [0.25, 0.3) is 11.5 Å². The smallest absolute Gasteiger partial charge is 0.409 e. The Hall–Kier alpha value is -3.90. The van der Waals surface area contributed by atoms with Crippen LogP contribution in [0.1, 0.15) is 23.6 Å². The van der Waals surface area contributed by atoms with Crippen LogP contribution >= 0.6 is 24.0 Å². The van der Waals surface area contributed by atoms with Gasteiger partial charge in [0.05, 0.1) is 30.7 Å². The number of pyridine rings is 1. The molecule has 2 aromatic heterocycles. The van der Waals surface area contributed by atoms with Crippen molar-refractivity contribution in [1.29, 1.82) is 0 Å². The molecule has 0 atom stereocenters. The van der Waals surface area contributed by atoms with Crippen LogP contribution in [0.2, 0.25) is 0 Å². The van der Waals surface area contributed by atoms with Crippen molar-refractivity contribution in [3.05, 3.63) is 74.5 Å². The number of anilines is 1. The molecular formula is C28H29N5O5S2. The van der Waals surface area contributed by atoms with E-state index in [-0.39, 0.29) is 17.6 Å². The molecule has 5 rings (SSSR count). The van der Waals surface area contributed by atoms with E-state index in [0.29, 0.717) is 65.6 Å². The number of hydrogen-bond donors (Lipinski definition) is 0. The van der Waals surface area contributed by atoms with Crippen molar-refractivity contribution in [3.8, 4) is 5.75 Å². The molecule has 0 N–H and O–H groups in total. The summed E-state index contributed by atoms with van der Waals surface area (Å²) in [7, 11) is 1.60. The fourth-order valence-corrected chi connectivity index (χ4v) is 5.90. The lowest BCUT2D eigenvalue weighted by molar-refractivity contribution is -0.122. The van der Waals surface area contributed by atoms with Crippen LogP contribution in [0.3, 0.4) is 0 Å². The number of ether oxygens (including phenoxy) is 2. The van der Waals surface area contributed by atoms with E-state index in [4.69, 9.17) is 26.7 Å². The molecule has 2 aliphatic rings. The zero-order valence-electron chi connectivity index (χ0n) is 22.5. The fourth-order valence-electron chi connectivity index (χ4n) is 4.66. The number of thiocarbonyl (C=S) groups is 1. The third kappa shape index (κ3) is 5.41. The van der Waals surface area contributed by atoms with Crippen LogP contribution in [0, 0.1) is 6.92 Å². The predicted octanol–water partition coefficient (Wildman–Crippen LogP) is 3.69. The highest BCUT2D eigenvalue weighted by Gasteiger charge is 2.33. The minimum absolute atomic E-state index is 0.266. The standard InChI is InChI=1S/C28H29N5O5S2/c1-4-38-27(36)31-14-12-30(13-15-31)24-21(25(34)32-11-5-6-18(2)23(32)29-24)16-22-26(35)33(28(39)40-22)17-19-7-9-20(37-3)10-8-19/h5-11,16H,4,12-15,17H2,1-3H3. The van der Waals surface area contributed by atoms with E-state index in [1.54, 1.807) is 37.3 Å². The summed E-state index contributed by atoms with van der Waals surface area (Å²) in [6, 6.07) is 11.1. The highest BCUT2D eigenvalue weighted by Crippen LogP contribution is 2.35. The number of hydrogen-bond acceptors (Lipinski definition) is 9. The molecule has 1 aromatic carbocycles. The number of piperazine rings is 1. The Morgan fingerprint density at radius 3 is 2.52 bits per heavy atom. The van der Waals surface area contributed by atoms with E-state index >= 15 is 0 Å². The third-order valence-corrected chi connectivity index (χ3v) is 8.20. The number of amides is 2. The zero-order chi connectivity index (χ0) is 28.4. The molecule has 10 nitrogen and oxygen atoms in total. The molecule has 2 aliphatic heterocycles. The van der Waals surface area contributed by atoms with Gasteiger partial charge in [-0.05, 0) is 49.2 Å². The predicted molar refractivity (Wildman–Crippen MR) is 159 cm³/mol. The second-order valence-electron chi connectivity index (χ2n) is 9.33. The number of rotatable bonds is 6. The van der Waals surface area contributed by atoms with Gasteiger partial charge in [0.15, 0.2) is 0 Å². The molecule has 2 fully saturated rings. The van der Waals surface area contributed by atoms with Gasteiger partial charge in [-0.1, -0.05) is 42.2 Å². The van der Waals surface area contributed by atoms with Gasteiger partial charge in [0.2, 0.25) is 0 Å².